The molecule has 2 aliphatic rings. The van der Waals surface area contributed by atoms with Gasteiger partial charge in [0.25, 0.3) is 0 Å². The van der Waals surface area contributed by atoms with Crippen LogP contribution in [-0.4, -0.2) is 68.1 Å². The van der Waals surface area contributed by atoms with Crippen LogP contribution in [0.1, 0.15) is 13.3 Å². The lowest BCUT2D eigenvalue weighted by Crippen LogP contribution is -2.57. The molecular formula is C22H25FN6O. The highest BCUT2D eigenvalue weighted by molar-refractivity contribution is 5.69. The van der Waals surface area contributed by atoms with E-state index >= 15 is 4.39 Å². The Balaban J connectivity index is 1.37. The normalized spacial score (nSPS) is 28.2. The third-order valence-corrected chi connectivity index (χ3v) is 6.95. The Morgan fingerprint density at radius 2 is 2.07 bits per heavy atom. The molecule has 0 radical (unpaired) electrons. The lowest BCUT2D eigenvalue weighted by atomic mass is 9.95. The van der Waals surface area contributed by atoms with E-state index < -0.39 is 11.7 Å². The molecule has 0 spiro atoms. The summed E-state index contributed by atoms with van der Waals surface area (Å²) >= 11 is 0. The Morgan fingerprint density at radius 3 is 2.67 bits per heavy atom. The van der Waals surface area contributed by atoms with Gasteiger partial charge < -0.3 is 14.6 Å². The van der Waals surface area contributed by atoms with Crippen LogP contribution in [0.3, 0.4) is 0 Å². The average molecular weight is 408 g/mol. The molecular weight excluding hydrogens is 383 g/mol. The predicted octanol–water partition coefficient (Wildman–Crippen LogP) is 2.90. The summed E-state index contributed by atoms with van der Waals surface area (Å²) in [5, 5.41) is 19.1. The fourth-order valence-electron chi connectivity index (χ4n) is 5.10. The number of rotatable bonds is 4. The van der Waals surface area contributed by atoms with Crippen molar-refractivity contribution in [2.24, 2.45) is 5.92 Å². The van der Waals surface area contributed by atoms with Crippen LogP contribution in [0.25, 0.3) is 16.9 Å². The number of halogens is 1. The number of anilines is 1. The minimum absolute atomic E-state index is 0.115. The Labute approximate surface area is 174 Å². The maximum atomic E-state index is 15.2. The topological polar surface area (TPSA) is 70.3 Å². The molecule has 1 aliphatic carbocycles. The zero-order valence-electron chi connectivity index (χ0n) is 17.3. The first-order valence-electron chi connectivity index (χ1n) is 10.1. The van der Waals surface area contributed by atoms with Crippen molar-refractivity contribution in [1.29, 1.82) is 0 Å². The third-order valence-electron chi connectivity index (χ3n) is 6.95. The zero-order valence-corrected chi connectivity index (χ0v) is 17.3. The van der Waals surface area contributed by atoms with Gasteiger partial charge in [-0.15, -0.1) is 10.2 Å². The van der Waals surface area contributed by atoms with Gasteiger partial charge in [-0.1, -0.05) is 0 Å². The summed E-state index contributed by atoms with van der Waals surface area (Å²) < 4.78 is 17.0. The molecule has 3 aromatic rings. The smallest absolute Gasteiger partial charge is 0.151 e. The van der Waals surface area contributed by atoms with Gasteiger partial charge in [-0.3, -0.25) is 4.90 Å². The van der Waals surface area contributed by atoms with Crippen LogP contribution in [0.2, 0.25) is 0 Å². The van der Waals surface area contributed by atoms with Gasteiger partial charge in [0.05, 0.1) is 29.3 Å². The number of nitrogens with zero attached hydrogens (tertiary/aromatic N) is 6. The Morgan fingerprint density at radius 1 is 1.23 bits per heavy atom. The van der Waals surface area contributed by atoms with Crippen molar-refractivity contribution in [3.8, 4) is 22.7 Å². The summed E-state index contributed by atoms with van der Waals surface area (Å²) in [4.78, 5) is 8.08. The van der Waals surface area contributed by atoms with Gasteiger partial charge in [0.1, 0.15) is 11.9 Å². The van der Waals surface area contributed by atoms with E-state index in [9.17, 15) is 5.11 Å². The average Bonchev–Trinajstić information content (AvgIpc) is 3.42. The van der Waals surface area contributed by atoms with Crippen molar-refractivity contribution < 1.29 is 9.50 Å². The molecule has 2 fully saturated rings. The predicted molar refractivity (Wildman–Crippen MR) is 112 cm³/mol. The molecule has 5 rings (SSSR count). The van der Waals surface area contributed by atoms with E-state index in [1.165, 1.54) is 0 Å². The molecule has 0 amide bonds. The Kier molecular flexibility index (Phi) is 4.28. The van der Waals surface area contributed by atoms with Crippen LogP contribution in [0.15, 0.2) is 49.1 Å². The molecule has 8 heteroatoms. The third kappa shape index (κ3) is 2.78. The first-order valence-corrected chi connectivity index (χ1v) is 10.1. The summed E-state index contributed by atoms with van der Waals surface area (Å²) in [5.74, 6) is 1.03. The minimum Gasteiger partial charge on any atom is -0.507 e. The van der Waals surface area contributed by atoms with E-state index in [2.05, 4.69) is 20.1 Å². The number of imidazole rings is 1. The van der Waals surface area contributed by atoms with Crippen molar-refractivity contribution in [1.82, 2.24) is 24.6 Å². The molecule has 1 aliphatic heterocycles. The van der Waals surface area contributed by atoms with Crippen molar-refractivity contribution in [2.45, 2.75) is 31.1 Å². The standard InChI is InChI=1S/C22H25FN6O/c1-22-11-14(12-27(22)2)20(21(22)23)28(3)19-7-6-17(25-26-19)16-5-4-15(10-18(16)30)29-9-8-24-13-29/h4-10,13-14,20-21,30H,11-12H2,1-3H3/t14-,20-,21-,22-/m1/s1. The number of benzene rings is 1. The van der Waals surface area contributed by atoms with E-state index in [1.54, 1.807) is 18.6 Å². The maximum absolute atomic E-state index is 15.2. The van der Waals surface area contributed by atoms with E-state index in [1.807, 2.05) is 60.9 Å². The fourth-order valence-corrected chi connectivity index (χ4v) is 5.10. The highest BCUT2D eigenvalue weighted by atomic mass is 19.1. The largest absolute Gasteiger partial charge is 0.507 e. The molecule has 2 bridgehead atoms. The molecule has 30 heavy (non-hydrogen) atoms. The molecule has 1 N–H and O–H groups in total. The molecule has 4 atom stereocenters. The number of fused-ring (bicyclic) bond motifs is 2. The summed E-state index contributed by atoms with van der Waals surface area (Å²) in [6, 6.07) is 8.82. The number of alkyl halides is 1. The number of hydrogen-bond donors (Lipinski definition) is 1. The van der Waals surface area contributed by atoms with Crippen molar-refractivity contribution >= 4 is 5.82 Å². The van der Waals surface area contributed by atoms with E-state index in [4.69, 9.17) is 0 Å². The quantitative estimate of drug-likeness (QED) is 0.716. The van der Waals surface area contributed by atoms with Crippen molar-refractivity contribution in [2.75, 3.05) is 25.5 Å². The fraction of sp³-hybridized carbons (Fsp3) is 0.409. The van der Waals surface area contributed by atoms with Crippen molar-refractivity contribution in [3.05, 3.63) is 49.1 Å². The lowest BCUT2D eigenvalue weighted by Gasteiger charge is -2.42. The highest BCUT2D eigenvalue weighted by Gasteiger charge is 2.60. The van der Waals surface area contributed by atoms with Gasteiger partial charge in [0, 0.05) is 37.6 Å². The van der Waals surface area contributed by atoms with E-state index in [0.717, 1.165) is 18.7 Å². The summed E-state index contributed by atoms with van der Waals surface area (Å²) in [5.41, 5.74) is 1.57. The second-order valence-electron chi connectivity index (χ2n) is 8.65. The Hall–Kier alpha value is -3.00. The van der Waals surface area contributed by atoms with Crippen LogP contribution in [-0.2, 0) is 0 Å². The zero-order chi connectivity index (χ0) is 21.0. The van der Waals surface area contributed by atoms with Crippen LogP contribution in [0.5, 0.6) is 5.75 Å². The van der Waals surface area contributed by atoms with Gasteiger partial charge >= 0.3 is 0 Å². The summed E-state index contributed by atoms with van der Waals surface area (Å²) in [6.07, 6.45) is 5.09. The molecule has 3 heterocycles. The lowest BCUT2D eigenvalue weighted by molar-refractivity contribution is 0.0572. The second-order valence-corrected chi connectivity index (χ2v) is 8.65. The highest BCUT2D eigenvalue weighted by Crippen LogP contribution is 2.49. The molecule has 1 saturated carbocycles. The van der Waals surface area contributed by atoms with Gasteiger partial charge in [0.15, 0.2) is 5.82 Å². The van der Waals surface area contributed by atoms with Crippen LogP contribution in [0.4, 0.5) is 10.2 Å². The van der Waals surface area contributed by atoms with Crippen LogP contribution < -0.4 is 4.90 Å². The number of aromatic nitrogens is 4. The van der Waals surface area contributed by atoms with Gasteiger partial charge in [-0.25, -0.2) is 9.37 Å². The van der Waals surface area contributed by atoms with E-state index in [-0.39, 0.29) is 17.7 Å². The molecule has 7 nitrogen and oxygen atoms in total. The van der Waals surface area contributed by atoms with Gasteiger partial charge in [0.2, 0.25) is 0 Å². The van der Waals surface area contributed by atoms with Gasteiger partial charge in [-0.05, 0) is 50.6 Å². The molecule has 1 saturated heterocycles. The number of likely N-dealkylation sites (tertiary alicyclic amines) is 1. The minimum atomic E-state index is -0.938. The monoisotopic (exact) mass is 408 g/mol. The number of hydrogen-bond acceptors (Lipinski definition) is 6. The summed E-state index contributed by atoms with van der Waals surface area (Å²) in [6.45, 7) is 2.91. The number of phenols is 1. The summed E-state index contributed by atoms with van der Waals surface area (Å²) in [7, 11) is 3.89. The number of aromatic hydroxyl groups is 1. The first-order chi connectivity index (χ1) is 14.4. The number of phenolic OH excluding ortho intramolecular Hbond substituents is 1. The van der Waals surface area contributed by atoms with Gasteiger partial charge in [-0.2, -0.15) is 0 Å². The second kappa shape index (κ2) is 6.77. The molecule has 156 valence electrons. The van der Waals surface area contributed by atoms with Crippen molar-refractivity contribution in [3.63, 3.8) is 0 Å². The molecule has 2 aromatic heterocycles. The Bertz CT molecular complexity index is 1060. The maximum Gasteiger partial charge on any atom is 0.151 e. The number of piperidine rings is 1. The molecule has 1 aromatic carbocycles. The van der Waals surface area contributed by atoms with Crippen LogP contribution >= 0.6 is 0 Å². The molecule has 0 unspecified atom stereocenters. The SMILES string of the molecule is CN(c1ccc(-c2ccc(-n3ccnc3)cc2O)nn1)[C@@H]1[C@H]2CN(C)[C@](C)(C2)[C@@H]1F. The van der Waals surface area contributed by atoms with E-state index in [0.29, 0.717) is 17.1 Å². The van der Waals surface area contributed by atoms with Crippen LogP contribution in [0, 0.1) is 5.92 Å². The first kappa shape index (κ1) is 19.0.